The molecule has 2 heterocycles. The standard InChI is InChI=1S/C18H23N5O/c1-13-5-6-16(14(2)11-13)22-18(24)20-12-15-7-8-19-17(21-15)23-9-3-4-10-23/h5-8,11H,3-4,9-10,12H2,1-2H3,(H2,20,22,24). The number of benzene rings is 1. The van der Waals surface area contributed by atoms with Crippen molar-refractivity contribution in [2.45, 2.75) is 33.2 Å². The summed E-state index contributed by atoms with van der Waals surface area (Å²) in [5.74, 6) is 0.751. The summed E-state index contributed by atoms with van der Waals surface area (Å²) in [5.41, 5.74) is 3.85. The van der Waals surface area contributed by atoms with E-state index in [0.29, 0.717) is 6.54 Å². The quantitative estimate of drug-likeness (QED) is 0.906. The number of rotatable bonds is 4. The number of aromatic nitrogens is 2. The van der Waals surface area contributed by atoms with Crippen molar-refractivity contribution in [2.75, 3.05) is 23.3 Å². The maximum atomic E-state index is 12.1. The number of urea groups is 1. The van der Waals surface area contributed by atoms with Gasteiger partial charge in [0.15, 0.2) is 0 Å². The summed E-state index contributed by atoms with van der Waals surface area (Å²) in [5, 5.41) is 5.72. The van der Waals surface area contributed by atoms with Crippen LogP contribution in [0.15, 0.2) is 30.5 Å². The van der Waals surface area contributed by atoms with Gasteiger partial charge in [-0.05, 0) is 44.4 Å². The normalized spacial score (nSPS) is 13.8. The van der Waals surface area contributed by atoms with E-state index < -0.39 is 0 Å². The Morgan fingerprint density at radius 1 is 1.21 bits per heavy atom. The van der Waals surface area contributed by atoms with Gasteiger partial charge < -0.3 is 15.5 Å². The van der Waals surface area contributed by atoms with Crippen molar-refractivity contribution in [3.8, 4) is 0 Å². The lowest BCUT2D eigenvalue weighted by molar-refractivity contribution is 0.251. The minimum atomic E-state index is -0.233. The third kappa shape index (κ3) is 4.01. The van der Waals surface area contributed by atoms with Crippen LogP contribution in [0.3, 0.4) is 0 Å². The van der Waals surface area contributed by atoms with Gasteiger partial charge in [0.2, 0.25) is 5.95 Å². The van der Waals surface area contributed by atoms with Crippen LogP contribution in [0.25, 0.3) is 0 Å². The number of nitrogens with zero attached hydrogens (tertiary/aromatic N) is 3. The molecule has 0 aliphatic carbocycles. The first-order valence-corrected chi connectivity index (χ1v) is 8.31. The zero-order valence-corrected chi connectivity index (χ0v) is 14.2. The molecule has 0 saturated carbocycles. The van der Waals surface area contributed by atoms with Gasteiger partial charge in [-0.1, -0.05) is 17.7 Å². The summed E-state index contributed by atoms with van der Waals surface area (Å²) >= 11 is 0. The summed E-state index contributed by atoms with van der Waals surface area (Å²) in [6.07, 6.45) is 4.12. The fourth-order valence-electron chi connectivity index (χ4n) is 2.84. The maximum absolute atomic E-state index is 12.1. The molecule has 3 rings (SSSR count). The van der Waals surface area contributed by atoms with Crippen LogP contribution in [-0.2, 0) is 6.54 Å². The third-order valence-electron chi connectivity index (χ3n) is 4.15. The van der Waals surface area contributed by atoms with Crippen LogP contribution < -0.4 is 15.5 Å². The Hall–Kier alpha value is -2.63. The lowest BCUT2D eigenvalue weighted by Gasteiger charge is -2.15. The molecule has 2 amide bonds. The van der Waals surface area contributed by atoms with E-state index in [1.54, 1.807) is 6.20 Å². The van der Waals surface area contributed by atoms with Crippen LogP contribution in [-0.4, -0.2) is 29.1 Å². The molecule has 1 aromatic heterocycles. The molecular formula is C18H23N5O. The van der Waals surface area contributed by atoms with Crippen molar-refractivity contribution in [2.24, 2.45) is 0 Å². The van der Waals surface area contributed by atoms with Gasteiger partial charge in [-0.3, -0.25) is 0 Å². The molecule has 6 heteroatoms. The Bertz CT molecular complexity index is 725. The van der Waals surface area contributed by atoms with E-state index in [-0.39, 0.29) is 6.03 Å². The molecule has 2 N–H and O–H groups in total. The molecule has 0 radical (unpaired) electrons. The van der Waals surface area contributed by atoms with Crippen molar-refractivity contribution in [1.82, 2.24) is 15.3 Å². The zero-order chi connectivity index (χ0) is 16.9. The average molecular weight is 325 g/mol. The number of aryl methyl sites for hydroxylation is 2. The smallest absolute Gasteiger partial charge is 0.319 e. The first kappa shape index (κ1) is 16.2. The highest BCUT2D eigenvalue weighted by Gasteiger charge is 2.15. The van der Waals surface area contributed by atoms with Crippen molar-refractivity contribution in [3.05, 3.63) is 47.3 Å². The molecule has 1 fully saturated rings. The van der Waals surface area contributed by atoms with E-state index in [9.17, 15) is 4.79 Å². The highest BCUT2D eigenvalue weighted by Crippen LogP contribution is 2.16. The number of anilines is 2. The van der Waals surface area contributed by atoms with Gasteiger partial charge in [-0.25, -0.2) is 14.8 Å². The molecule has 126 valence electrons. The number of nitrogens with one attached hydrogen (secondary N) is 2. The van der Waals surface area contributed by atoms with Gasteiger partial charge in [-0.2, -0.15) is 0 Å². The van der Waals surface area contributed by atoms with Gasteiger partial charge in [0.05, 0.1) is 12.2 Å². The molecule has 1 aromatic carbocycles. The summed E-state index contributed by atoms with van der Waals surface area (Å²) in [4.78, 5) is 23.1. The first-order valence-electron chi connectivity index (χ1n) is 8.31. The van der Waals surface area contributed by atoms with Crippen LogP contribution in [0.1, 0.15) is 29.7 Å². The number of carbonyl (C=O) groups is 1. The Morgan fingerprint density at radius 3 is 2.75 bits per heavy atom. The third-order valence-corrected chi connectivity index (χ3v) is 4.15. The summed E-state index contributed by atoms with van der Waals surface area (Å²) in [7, 11) is 0. The lowest BCUT2D eigenvalue weighted by Crippen LogP contribution is -2.29. The summed E-state index contributed by atoms with van der Waals surface area (Å²) in [6, 6.07) is 7.54. The molecule has 24 heavy (non-hydrogen) atoms. The molecule has 1 aliphatic heterocycles. The van der Waals surface area contributed by atoms with Gasteiger partial charge >= 0.3 is 6.03 Å². The van der Waals surface area contributed by atoms with Crippen LogP contribution in [0.2, 0.25) is 0 Å². The topological polar surface area (TPSA) is 70.2 Å². The molecule has 0 unspecified atom stereocenters. The fourth-order valence-corrected chi connectivity index (χ4v) is 2.84. The molecule has 1 saturated heterocycles. The Morgan fingerprint density at radius 2 is 2.00 bits per heavy atom. The lowest BCUT2D eigenvalue weighted by atomic mass is 10.1. The number of hydrogen-bond acceptors (Lipinski definition) is 4. The maximum Gasteiger partial charge on any atom is 0.319 e. The monoisotopic (exact) mass is 325 g/mol. The largest absolute Gasteiger partial charge is 0.341 e. The van der Waals surface area contributed by atoms with Gasteiger partial charge in [0, 0.05) is 25.0 Å². The predicted octanol–water partition coefficient (Wildman–Crippen LogP) is 3.02. The summed E-state index contributed by atoms with van der Waals surface area (Å²) in [6.45, 7) is 6.40. The molecular weight excluding hydrogens is 302 g/mol. The van der Waals surface area contributed by atoms with E-state index in [0.717, 1.165) is 36.0 Å². The van der Waals surface area contributed by atoms with Crippen LogP contribution in [0.4, 0.5) is 16.4 Å². The Kier molecular flexibility index (Phi) is 4.93. The number of hydrogen-bond donors (Lipinski definition) is 2. The number of amides is 2. The van der Waals surface area contributed by atoms with Crippen LogP contribution in [0, 0.1) is 13.8 Å². The minimum absolute atomic E-state index is 0.233. The van der Waals surface area contributed by atoms with Crippen molar-refractivity contribution in [3.63, 3.8) is 0 Å². The number of carbonyl (C=O) groups excluding carboxylic acids is 1. The average Bonchev–Trinajstić information content (AvgIpc) is 3.10. The Balaban J connectivity index is 1.57. The van der Waals surface area contributed by atoms with Crippen LogP contribution in [0.5, 0.6) is 0 Å². The second kappa shape index (κ2) is 7.29. The summed E-state index contributed by atoms with van der Waals surface area (Å²) < 4.78 is 0. The van der Waals surface area contributed by atoms with Gasteiger partial charge in [-0.15, -0.1) is 0 Å². The van der Waals surface area contributed by atoms with E-state index in [2.05, 4.69) is 25.5 Å². The Labute approximate surface area is 142 Å². The van der Waals surface area contributed by atoms with E-state index in [1.807, 2.05) is 38.1 Å². The van der Waals surface area contributed by atoms with Crippen molar-refractivity contribution >= 4 is 17.7 Å². The molecule has 1 aliphatic rings. The van der Waals surface area contributed by atoms with E-state index in [4.69, 9.17) is 0 Å². The van der Waals surface area contributed by atoms with Gasteiger partial charge in [0.1, 0.15) is 0 Å². The molecule has 6 nitrogen and oxygen atoms in total. The van der Waals surface area contributed by atoms with Crippen LogP contribution >= 0.6 is 0 Å². The molecule has 0 spiro atoms. The fraction of sp³-hybridized carbons (Fsp3) is 0.389. The highest BCUT2D eigenvalue weighted by atomic mass is 16.2. The molecule has 0 atom stereocenters. The minimum Gasteiger partial charge on any atom is -0.341 e. The highest BCUT2D eigenvalue weighted by molar-refractivity contribution is 5.90. The van der Waals surface area contributed by atoms with Gasteiger partial charge in [0.25, 0.3) is 0 Å². The molecule has 0 bridgehead atoms. The van der Waals surface area contributed by atoms with Crippen molar-refractivity contribution < 1.29 is 4.79 Å². The second-order valence-electron chi connectivity index (χ2n) is 6.17. The van der Waals surface area contributed by atoms with E-state index >= 15 is 0 Å². The zero-order valence-electron chi connectivity index (χ0n) is 14.2. The van der Waals surface area contributed by atoms with E-state index in [1.165, 1.54) is 18.4 Å². The molecule has 2 aromatic rings. The predicted molar refractivity (Wildman–Crippen MR) is 95.3 cm³/mol. The van der Waals surface area contributed by atoms with Crippen molar-refractivity contribution in [1.29, 1.82) is 0 Å². The first-order chi connectivity index (χ1) is 11.6. The SMILES string of the molecule is Cc1ccc(NC(=O)NCc2ccnc(N3CCCC3)n2)c(C)c1. The second-order valence-corrected chi connectivity index (χ2v) is 6.17.